The van der Waals surface area contributed by atoms with Gasteiger partial charge in [-0.25, -0.2) is 8.42 Å². The quantitative estimate of drug-likeness (QED) is 0.286. The first-order valence-electron chi connectivity index (χ1n) is 14.0. The van der Waals surface area contributed by atoms with E-state index in [-0.39, 0.29) is 23.0 Å². The van der Waals surface area contributed by atoms with Crippen LogP contribution in [0.2, 0.25) is 0 Å². The van der Waals surface area contributed by atoms with Crippen LogP contribution in [0.1, 0.15) is 43.4 Å². The van der Waals surface area contributed by atoms with Gasteiger partial charge in [-0.1, -0.05) is 61.4 Å². The molecule has 0 aliphatic heterocycles. The first-order valence-corrected chi connectivity index (χ1v) is 15.4. The van der Waals surface area contributed by atoms with Crippen LogP contribution < -0.4 is 19.1 Å². The van der Waals surface area contributed by atoms with Crippen LogP contribution in [0.5, 0.6) is 11.5 Å². The summed E-state index contributed by atoms with van der Waals surface area (Å²) in [4.78, 5) is 28.9. The zero-order chi connectivity index (χ0) is 30.9. The molecule has 226 valence electrons. The molecule has 1 N–H and O–H groups in total. The summed E-state index contributed by atoms with van der Waals surface area (Å²) in [5.74, 6) is -0.0617. The Morgan fingerprint density at radius 2 is 1.57 bits per heavy atom. The maximum absolute atomic E-state index is 14.2. The minimum atomic E-state index is -4.20. The Hall–Kier alpha value is -4.05. The number of benzene rings is 3. The molecule has 0 aliphatic carbocycles. The van der Waals surface area contributed by atoms with Crippen LogP contribution in [-0.4, -0.2) is 58.5 Å². The predicted octanol–water partition coefficient (Wildman–Crippen LogP) is 4.85. The number of aryl methyl sites for hydroxylation is 2. The van der Waals surface area contributed by atoms with Crippen molar-refractivity contribution in [1.82, 2.24) is 10.2 Å². The number of anilines is 1. The zero-order valence-electron chi connectivity index (χ0n) is 25.2. The third kappa shape index (κ3) is 7.82. The molecule has 3 rings (SSSR count). The fourth-order valence-electron chi connectivity index (χ4n) is 4.64. The van der Waals surface area contributed by atoms with Crippen LogP contribution in [0.15, 0.2) is 71.6 Å². The van der Waals surface area contributed by atoms with E-state index in [9.17, 15) is 18.0 Å². The number of amides is 2. The van der Waals surface area contributed by atoms with E-state index in [4.69, 9.17) is 9.47 Å². The number of hydrogen-bond donors (Lipinski definition) is 1. The number of ether oxygens (including phenoxy) is 2. The number of nitrogens with one attached hydrogen (secondary N) is 1. The number of methoxy groups -OCH3 is 2. The van der Waals surface area contributed by atoms with E-state index in [0.717, 1.165) is 27.4 Å². The van der Waals surface area contributed by atoms with Crippen molar-refractivity contribution in [2.75, 3.05) is 31.6 Å². The summed E-state index contributed by atoms with van der Waals surface area (Å²) >= 11 is 0. The lowest BCUT2D eigenvalue weighted by atomic mass is 10.1. The van der Waals surface area contributed by atoms with E-state index in [1.54, 1.807) is 24.3 Å². The van der Waals surface area contributed by atoms with Gasteiger partial charge in [0.1, 0.15) is 12.6 Å². The highest BCUT2D eigenvalue weighted by atomic mass is 32.2. The predicted molar refractivity (Wildman–Crippen MR) is 164 cm³/mol. The maximum Gasteiger partial charge on any atom is 0.264 e. The van der Waals surface area contributed by atoms with Crippen molar-refractivity contribution >= 4 is 27.5 Å². The summed E-state index contributed by atoms with van der Waals surface area (Å²) in [5.41, 5.74) is 2.97. The van der Waals surface area contributed by atoms with Gasteiger partial charge in [0.25, 0.3) is 10.0 Å². The second-order valence-corrected chi connectivity index (χ2v) is 12.0. The Bertz CT molecular complexity index is 1470. The molecule has 0 bridgehead atoms. The van der Waals surface area contributed by atoms with Gasteiger partial charge in [-0.15, -0.1) is 0 Å². The molecule has 10 heteroatoms. The third-order valence-electron chi connectivity index (χ3n) is 6.91. The van der Waals surface area contributed by atoms with Crippen LogP contribution >= 0.6 is 0 Å². The number of carbonyl (C=O) groups is 2. The number of hydrogen-bond acceptors (Lipinski definition) is 6. The highest BCUT2D eigenvalue weighted by molar-refractivity contribution is 7.92. The number of rotatable bonds is 14. The molecule has 0 heterocycles. The topological polar surface area (TPSA) is 105 Å². The molecule has 9 nitrogen and oxygen atoms in total. The fraction of sp³-hybridized carbons (Fsp3) is 0.375. The van der Waals surface area contributed by atoms with Gasteiger partial charge >= 0.3 is 0 Å². The molecule has 0 radical (unpaired) electrons. The lowest BCUT2D eigenvalue weighted by Gasteiger charge is -2.33. The van der Waals surface area contributed by atoms with Crippen LogP contribution in [0, 0.1) is 13.8 Å². The van der Waals surface area contributed by atoms with Crippen molar-refractivity contribution < 1.29 is 27.5 Å². The molecule has 0 spiro atoms. The van der Waals surface area contributed by atoms with Crippen LogP contribution in [0.4, 0.5) is 5.69 Å². The molecule has 0 saturated heterocycles. The first-order chi connectivity index (χ1) is 20.0. The molecule has 42 heavy (non-hydrogen) atoms. The molecule has 0 aliphatic rings. The number of nitrogens with zero attached hydrogens (tertiary/aromatic N) is 2. The molecule has 0 unspecified atom stereocenters. The second-order valence-electron chi connectivity index (χ2n) is 10.1. The van der Waals surface area contributed by atoms with Crippen molar-refractivity contribution in [3.8, 4) is 11.5 Å². The lowest BCUT2D eigenvalue weighted by Crippen LogP contribution is -2.52. The average Bonchev–Trinajstić information content (AvgIpc) is 2.98. The molecule has 2 amide bonds. The number of sulfonamides is 1. The largest absolute Gasteiger partial charge is 0.493 e. The average molecular weight is 596 g/mol. The van der Waals surface area contributed by atoms with Gasteiger partial charge in [0.15, 0.2) is 11.5 Å². The Balaban J connectivity index is 2.11. The van der Waals surface area contributed by atoms with Gasteiger partial charge in [-0.3, -0.25) is 13.9 Å². The molecule has 0 fully saturated rings. The molecule has 1 atom stereocenters. The van der Waals surface area contributed by atoms with Gasteiger partial charge in [0.05, 0.1) is 24.8 Å². The summed E-state index contributed by atoms with van der Waals surface area (Å²) in [6, 6.07) is 18.0. The zero-order valence-corrected chi connectivity index (χ0v) is 26.0. The maximum atomic E-state index is 14.2. The Kier molecular flexibility index (Phi) is 11.4. The monoisotopic (exact) mass is 595 g/mol. The van der Waals surface area contributed by atoms with Gasteiger partial charge in [0.2, 0.25) is 11.8 Å². The van der Waals surface area contributed by atoms with E-state index in [2.05, 4.69) is 5.32 Å². The van der Waals surface area contributed by atoms with Crippen molar-refractivity contribution in [2.45, 2.75) is 58.0 Å². The van der Waals surface area contributed by atoms with Crippen molar-refractivity contribution in [3.05, 3.63) is 83.4 Å². The highest BCUT2D eigenvalue weighted by Gasteiger charge is 2.34. The summed E-state index contributed by atoms with van der Waals surface area (Å²) in [5, 5.41) is 2.89. The molecule has 0 aromatic heterocycles. The van der Waals surface area contributed by atoms with E-state index in [1.807, 2.05) is 52.0 Å². The van der Waals surface area contributed by atoms with Crippen molar-refractivity contribution in [2.24, 2.45) is 0 Å². The SMILES string of the molecule is CCCNC(=O)[C@H](CC)N(Cc1cccc(C)c1)C(=O)CN(c1ccc(OC)c(OC)c1)S(=O)(=O)c1ccc(C)cc1. The second kappa shape index (κ2) is 14.7. The van der Waals surface area contributed by atoms with E-state index in [1.165, 1.54) is 37.3 Å². The molecular formula is C32H41N3O6S. The number of carbonyl (C=O) groups excluding carboxylic acids is 2. The van der Waals surface area contributed by atoms with Crippen molar-refractivity contribution in [1.29, 1.82) is 0 Å². The standard InChI is InChI=1S/C32H41N3O6S/c1-7-18-33-32(37)28(8-2)34(21-25-11-9-10-24(4)19-25)31(36)22-35(26-14-17-29(40-5)30(20-26)41-6)42(38,39)27-15-12-23(3)13-16-27/h9-17,19-20,28H,7-8,18,21-22H2,1-6H3,(H,33,37)/t28-/m0/s1. The van der Waals surface area contributed by atoms with Gasteiger partial charge in [-0.05, 0) is 56.5 Å². The summed E-state index contributed by atoms with van der Waals surface area (Å²) in [7, 11) is -1.26. The van der Waals surface area contributed by atoms with Gasteiger partial charge < -0.3 is 19.7 Å². The molecule has 0 saturated carbocycles. The molecular weight excluding hydrogens is 554 g/mol. The summed E-state index contributed by atoms with van der Waals surface area (Å²) < 4.78 is 40.0. The first kappa shape index (κ1) is 32.5. The highest BCUT2D eigenvalue weighted by Crippen LogP contribution is 2.34. The summed E-state index contributed by atoms with van der Waals surface area (Å²) in [6.45, 7) is 7.69. The molecule has 3 aromatic rings. The Morgan fingerprint density at radius 3 is 2.17 bits per heavy atom. The normalized spacial score (nSPS) is 11.9. The minimum absolute atomic E-state index is 0.0358. The third-order valence-corrected chi connectivity index (χ3v) is 8.70. The lowest BCUT2D eigenvalue weighted by molar-refractivity contribution is -0.140. The Morgan fingerprint density at radius 1 is 0.881 bits per heavy atom. The van der Waals surface area contributed by atoms with E-state index < -0.39 is 28.5 Å². The van der Waals surface area contributed by atoms with E-state index >= 15 is 0 Å². The minimum Gasteiger partial charge on any atom is -0.493 e. The van der Waals surface area contributed by atoms with Crippen LogP contribution in [-0.2, 0) is 26.2 Å². The van der Waals surface area contributed by atoms with Gasteiger partial charge in [0, 0.05) is 19.2 Å². The van der Waals surface area contributed by atoms with Crippen molar-refractivity contribution in [3.63, 3.8) is 0 Å². The Labute approximate surface area is 249 Å². The summed E-state index contributed by atoms with van der Waals surface area (Å²) in [6.07, 6.45) is 1.10. The fourth-order valence-corrected chi connectivity index (χ4v) is 6.04. The molecule has 3 aromatic carbocycles. The van der Waals surface area contributed by atoms with Gasteiger partial charge in [-0.2, -0.15) is 0 Å². The van der Waals surface area contributed by atoms with E-state index in [0.29, 0.717) is 24.5 Å². The van der Waals surface area contributed by atoms with Crippen LogP contribution in [0.25, 0.3) is 0 Å². The van der Waals surface area contributed by atoms with Crippen LogP contribution in [0.3, 0.4) is 0 Å². The smallest absolute Gasteiger partial charge is 0.264 e.